The number of anilines is 1. The van der Waals surface area contributed by atoms with Crippen LogP contribution in [-0.4, -0.2) is 53.9 Å². The van der Waals surface area contributed by atoms with Gasteiger partial charge in [0.25, 0.3) is 11.5 Å². The fourth-order valence-corrected chi connectivity index (χ4v) is 5.13. The quantitative estimate of drug-likeness (QED) is 0.355. The lowest BCUT2D eigenvalue weighted by atomic mass is 10.00. The highest BCUT2D eigenvalue weighted by molar-refractivity contribution is 6.08. The lowest BCUT2D eigenvalue weighted by Crippen LogP contribution is -2.36. The summed E-state index contributed by atoms with van der Waals surface area (Å²) in [5, 5.41) is 3.84. The number of nitrogens with one attached hydrogen (secondary N) is 2. The number of nitrogens with zero attached hydrogens (tertiary/aromatic N) is 3. The molecule has 1 fully saturated rings. The molecule has 4 heterocycles. The van der Waals surface area contributed by atoms with Crippen molar-refractivity contribution in [3.63, 3.8) is 0 Å². The van der Waals surface area contributed by atoms with Crippen LogP contribution in [0.2, 0.25) is 0 Å². The number of fused-ring (bicyclic) bond motifs is 1. The van der Waals surface area contributed by atoms with Gasteiger partial charge in [0.1, 0.15) is 5.82 Å². The van der Waals surface area contributed by atoms with Crippen molar-refractivity contribution in [3.8, 4) is 11.1 Å². The second-order valence-electron chi connectivity index (χ2n) is 10.2. The minimum absolute atomic E-state index is 0.0968. The van der Waals surface area contributed by atoms with Gasteiger partial charge in [-0.2, -0.15) is 0 Å². The molecule has 9 nitrogen and oxygen atoms in total. The summed E-state index contributed by atoms with van der Waals surface area (Å²) in [6.45, 7) is 9.49. The smallest absolute Gasteiger partial charge is 0.253 e. The predicted molar refractivity (Wildman–Crippen MR) is 152 cm³/mol. The first-order valence-corrected chi connectivity index (χ1v) is 13.3. The van der Waals surface area contributed by atoms with E-state index in [2.05, 4.69) is 39.7 Å². The number of H-pyrrole nitrogens is 1. The number of hydrogen-bond acceptors (Lipinski definition) is 6. The molecule has 0 bridgehead atoms. The molecule has 204 valence electrons. The molecule has 0 saturated carbocycles. The van der Waals surface area contributed by atoms with Gasteiger partial charge in [-0.3, -0.25) is 9.59 Å². The summed E-state index contributed by atoms with van der Waals surface area (Å²) in [5.41, 5.74) is 5.13. The Morgan fingerprint density at radius 2 is 1.95 bits per heavy atom. The van der Waals surface area contributed by atoms with Crippen LogP contribution >= 0.6 is 0 Å². The Hall–Kier alpha value is -3.95. The zero-order valence-electron chi connectivity index (χ0n) is 22.9. The van der Waals surface area contributed by atoms with Crippen LogP contribution in [0.5, 0.6) is 0 Å². The molecular formula is C30H35N5O4. The van der Waals surface area contributed by atoms with Crippen molar-refractivity contribution < 1.29 is 14.3 Å². The number of aromatic nitrogens is 3. The number of carbonyl (C=O) groups is 1. The third kappa shape index (κ3) is 5.60. The first-order valence-electron chi connectivity index (χ1n) is 13.3. The Morgan fingerprint density at radius 1 is 1.15 bits per heavy atom. The number of methoxy groups -OCH3 is 1. The summed E-state index contributed by atoms with van der Waals surface area (Å²) in [4.78, 5) is 36.0. The van der Waals surface area contributed by atoms with Gasteiger partial charge in [0.05, 0.1) is 19.8 Å². The van der Waals surface area contributed by atoms with E-state index in [9.17, 15) is 9.59 Å². The average molecular weight is 530 g/mol. The molecule has 1 saturated heterocycles. The maximum atomic E-state index is 13.6. The van der Waals surface area contributed by atoms with E-state index in [-0.39, 0.29) is 24.1 Å². The third-order valence-electron chi connectivity index (χ3n) is 7.14. The fraction of sp³-hybridized carbons (Fsp3) is 0.367. The van der Waals surface area contributed by atoms with Crippen LogP contribution in [0.1, 0.15) is 47.1 Å². The second kappa shape index (κ2) is 11.4. The lowest BCUT2D eigenvalue weighted by molar-refractivity contribution is 0.0952. The molecule has 0 radical (unpaired) electrons. The Kier molecular flexibility index (Phi) is 7.81. The first-order chi connectivity index (χ1) is 18.9. The van der Waals surface area contributed by atoms with Crippen LogP contribution in [0.25, 0.3) is 22.0 Å². The molecular weight excluding hydrogens is 494 g/mol. The molecule has 1 amide bonds. The number of aromatic amines is 1. The molecule has 1 aromatic carbocycles. The van der Waals surface area contributed by atoms with Crippen molar-refractivity contribution in [2.45, 2.75) is 40.0 Å². The van der Waals surface area contributed by atoms with Crippen LogP contribution < -0.4 is 15.8 Å². The molecule has 4 aromatic rings. The summed E-state index contributed by atoms with van der Waals surface area (Å²) in [5.74, 6) is 0.673. The van der Waals surface area contributed by atoms with E-state index in [1.165, 1.54) is 0 Å². The number of aryl methyl sites for hydroxylation is 1. The van der Waals surface area contributed by atoms with E-state index in [0.29, 0.717) is 30.9 Å². The van der Waals surface area contributed by atoms with Gasteiger partial charge in [0.15, 0.2) is 0 Å². The number of carbonyl (C=O) groups excluding carboxylic acids is 1. The summed E-state index contributed by atoms with van der Waals surface area (Å²) in [6, 6.07) is 12.2. The second-order valence-corrected chi connectivity index (χ2v) is 10.2. The van der Waals surface area contributed by atoms with Crippen molar-refractivity contribution in [2.75, 3.05) is 38.3 Å². The molecule has 39 heavy (non-hydrogen) atoms. The van der Waals surface area contributed by atoms with Crippen molar-refractivity contribution in [1.82, 2.24) is 19.9 Å². The minimum atomic E-state index is -0.246. The summed E-state index contributed by atoms with van der Waals surface area (Å²) >= 11 is 0. The molecule has 3 aromatic heterocycles. The Balaban J connectivity index is 1.48. The van der Waals surface area contributed by atoms with Gasteiger partial charge in [-0.1, -0.05) is 0 Å². The predicted octanol–water partition coefficient (Wildman–Crippen LogP) is 4.19. The van der Waals surface area contributed by atoms with Gasteiger partial charge in [-0.15, -0.1) is 0 Å². The molecule has 2 N–H and O–H groups in total. The summed E-state index contributed by atoms with van der Waals surface area (Å²) in [6.07, 6.45) is 3.87. The third-order valence-corrected chi connectivity index (χ3v) is 7.14. The van der Waals surface area contributed by atoms with Crippen LogP contribution in [-0.2, 0) is 22.6 Å². The Morgan fingerprint density at radius 3 is 2.64 bits per heavy atom. The van der Waals surface area contributed by atoms with Crippen LogP contribution in [0, 0.1) is 6.92 Å². The zero-order valence-corrected chi connectivity index (χ0v) is 22.9. The highest BCUT2D eigenvalue weighted by Crippen LogP contribution is 2.31. The van der Waals surface area contributed by atoms with E-state index < -0.39 is 0 Å². The molecule has 0 spiro atoms. The normalized spacial score (nSPS) is 13.8. The van der Waals surface area contributed by atoms with Crippen molar-refractivity contribution in [2.24, 2.45) is 0 Å². The van der Waals surface area contributed by atoms with E-state index in [1.54, 1.807) is 7.11 Å². The number of morpholine rings is 1. The molecule has 0 aliphatic carbocycles. The first kappa shape index (κ1) is 26.6. The maximum Gasteiger partial charge on any atom is 0.253 e. The number of pyridine rings is 2. The zero-order chi connectivity index (χ0) is 27.5. The van der Waals surface area contributed by atoms with Crippen molar-refractivity contribution in [3.05, 3.63) is 81.5 Å². The fourth-order valence-electron chi connectivity index (χ4n) is 5.13. The molecule has 0 atom stereocenters. The van der Waals surface area contributed by atoms with Crippen molar-refractivity contribution >= 4 is 22.6 Å². The monoisotopic (exact) mass is 529 g/mol. The van der Waals surface area contributed by atoms with E-state index in [1.807, 2.05) is 49.6 Å². The largest absolute Gasteiger partial charge is 0.380 e. The van der Waals surface area contributed by atoms with Gasteiger partial charge in [-0.05, 0) is 68.3 Å². The highest BCUT2D eigenvalue weighted by Gasteiger charge is 2.19. The van der Waals surface area contributed by atoms with Crippen LogP contribution in [0.3, 0.4) is 0 Å². The standard InChI is InChI=1S/C30H35N5O4/c1-19(2)35-8-7-24-25(29(36)32-17-26-23(18-38-4)13-20(3)33-30(26)37)14-22(15-27(24)35)21-5-6-28(31-16-21)34-9-11-39-12-10-34/h5-8,13-16,19H,9-12,17-18H2,1-4H3,(H,32,36)(H,33,37). The lowest BCUT2D eigenvalue weighted by Gasteiger charge is -2.27. The number of benzene rings is 1. The number of rotatable bonds is 8. The van der Waals surface area contributed by atoms with Gasteiger partial charge in [-0.25, -0.2) is 4.98 Å². The molecule has 9 heteroatoms. The summed E-state index contributed by atoms with van der Waals surface area (Å²) in [7, 11) is 1.59. The maximum absolute atomic E-state index is 13.6. The van der Waals surface area contributed by atoms with Gasteiger partial charge in [0.2, 0.25) is 0 Å². The number of amides is 1. The van der Waals surface area contributed by atoms with Gasteiger partial charge < -0.3 is 29.2 Å². The van der Waals surface area contributed by atoms with Crippen LogP contribution in [0.15, 0.2) is 53.6 Å². The van der Waals surface area contributed by atoms with E-state index in [4.69, 9.17) is 14.5 Å². The van der Waals surface area contributed by atoms with E-state index in [0.717, 1.165) is 52.2 Å². The molecule has 5 rings (SSSR count). The SMILES string of the molecule is COCc1cc(C)[nH]c(=O)c1CNC(=O)c1cc(-c2ccc(N3CCOCC3)nc2)cc2c1ccn2C(C)C. The Labute approximate surface area is 227 Å². The van der Waals surface area contributed by atoms with Crippen molar-refractivity contribution in [1.29, 1.82) is 0 Å². The van der Waals surface area contributed by atoms with Gasteiger partial charge >= 0.3 is 0 Å². The number of ether oxygens (including phenoxy) is 2. The Bertz CT molecular complexity index is 1530. The molecule has 1 aliphatic rings. The van der Waals surface area contributed by atoms with E-state index >= 15 is 0 Å². The topological polar surface area (TPSA) is 101 Å². The minimum Gasteiger partial charge on any atom is -0.380 e. The highest BCUT2D eigenvalue weighted by atomic mass is 16.5. The number of hydrogen-bond donors (Lipinski definition) is 2. The molecule has 1 aliphatic heterocycles. The van der Waals surface area contributed by atoms with Gasteiger partial charge in [0, 0.05) is 78.5 Å². The van der Waals surface area contributed by atoms with Crippen LogP contribution in [0.4, 0.5) is 5.82 Å². The molecule has 0 unspecified atom stereocenters. The summed E-state index contributed by atoms with van der Waals surface area (Å²) < 4.78 is 12.9. The average Bonchev–Trinajstić information content (AvgIpc) is 3.37.